The van der Waals surface area contributed by atoms with Gasteiger partial charge in [0.05, 0.1) is 13.2 Å². The second-order valence-electron chi connectivity index (χ2n) is 10.00. The summed E-state index contributed by atoms with van der Waals surface area (Å²) in [6.45, 7) is 3.66. The Morgan fingerprint density at radius 2 is 0.978 bits per heavy atom. The van der Waals surface area contributed by atoms with Gasteiger partial charge in [-0.2, -0.15) is 26.3 Å². The molecule has 6 nitrogen and oxygen atoms in total. The molecule has 3 aromatic carbocycles. The van der Waals surface area contributed by atoms with Gasteiger partial charge >= 0.3 is 24.3 Å². The van der Waals surface area contributed by atoms with E-state index in [0.29, 0.717) is 36.8 Å². The van der Waals surface area contributed by atoms with Gasteiger partial charge in [0.15, 0.2) is 13.2 Å². The maximum absolute atomic E-state index is 13.1. The molecular weight excluding hydrogens is 618 g/mol. The van der Waals surface area contributed by atoms with E-state index in [2.05, 4.69) is 13.2 Å². The standard InChI is InChI=1S/C34H32F6O6/c1-3-31(41)43-17-5-7-23-9-13-25(14-10-23)27-19-28(26-15-11-24(12-16-26)8-6-18-44-32(42)4-2)30(46-22-34(38,39)40)20-29(27)45-21-33(35,36)37/h3-4,9-16,19-20H,1-2,5-8,17-18,21-22H2. The van der Waals surface area contributed by atoms with Crippen molar-refractivity contribution in [3.8, 4) is 33.8 Å². The third-order valence-electron chi connectivity index (χ3n) is 6.44. The van der Waals surface area contributed by atoms with E-state index >= 15 is 0 Å². The van der Waals surface area contributed by atoms with Gasteiger partial charge < -0.3 is 18.9 Å². The van der Waals surface area contributed by atoms with Crippen molar-refractivity contribution in [3.63, 3.8) is 0 Å². The van der Waals surface area contributed by atoms with E-state index in [1.807, 2.05) is 0 Å². The van der Waals surface area contributed by atoms with Crippen molar-refractivity contribution in [1.29, 1.82) is 0 Å². The smallest absolute Gasteiger partial charge is 0.422 e. The summed E-state index contributed by atoms with van der Waals surface area (Å²) in [5, 5.41) is 0. The van der Waals surface area contributed by atoms with Crippen LogP contribution in [0.1, 0.15) is 24.0 Å². The fourth-order valence-electron chi connectivity index (χ4n) is 4.29. The van der Waals surface area contributed by atoms with Crippen molar-refractivity contribution in [3.05, 3.63) is 97.1 Å². The van der Waals surface area contributed by atoms with Gasteiger partial charge in [-0.15, -0.1) is 0 Å². The number of ether oxygens (including phenoxy) is 4. The van der Waals surface area contributed by atoms with E-state index in [4.69, 9.17) is 18.9 Å². The molecule has 0 aliphatic carbocycles. The van der Waals surface area contributed by atoms with Crippen LogP contribution in [0.4, 0.5) is 26.3 Å². The van der Waals surface area contributed by atoms with Gasteiger partial charge in [-0.25, -0.2) is 9.59 Å². The molecule has 3 rings (SSSR count). The predicted molar refractivity (Wildman–Crippen MR) is 159 cm³/mol. The van der Waals surface area contributed by atoms with E-state index in [9.17, 15) is 35.9 Å². The fourth-order valence-corrected chi connectivity index (χ4v) is 4.29. The molecule has 0 bridgehead atoms. The number of carbonyl (C=O) groups is 2. The highest BCUT2D eigenvalue weighted by atomic mass is 19.4. The zero-order valence-corrected chi connectivity index (χ0v) is 24.7. The topological polar surface area (TPSA) is 71.1 Å². The van der Waals surface area contributed by atoms with E-state index in [1.165, 1.54) is 6.07 Å². The molecule has 0 N–H and O–H groups in total. The number of aryl methyl sites for hydroxylation is 2. The third-order valence-corrected chi connectivity index (χ3v) is 6.44. The lowest BCUT2D eigenvalue weighted by Crippen LogP contribution is -2.20. The Balaban J connectivity index is 1.95. The monoisotopic (exact) mass is 650 g/mol. The van der Waals surface area contributed by atoms with Crippen molar-refractivity contribution >= 4 is 11.9 Å². The van der Waals surface area contributed by atoms with Crippen molar-refractivity contribution in [2.45, 2.75) is 38.0 Å². The van der Waals surface area contributed by atoms with Crippen LogP contribution in [0.2, 0.25) is 0 Å². The molecule has 12 heteroatoms. The molecule has 0 unspecified atom stereocenters. The summed E-state index contributed by atoms with van der Waals surface area (Å²) in [4.78, 5) is 22.4. The number of hydrogen-bond acceptors (Lipinski definition) is 6. The van der Waals surface area contributed by atoms with E-state index in [0.717, 1.165) is 29.3 Å². The van der Waals surface area contributed by atoms with Crippen molar-refractivity contribution in [2.75, 3.05) is 26.4 Å². The minimum atomic E-state index is -4.71. The molecule has 0 aromatic heterocycles. The molecule has 3 aromatic rings. The maximum atomic E-state index is 13.1. The van der Waals surface area contributed by atoms with E-state index in [1.54, 1.807) is 48.5 Å². The summed E-state index contributed by atoms with van der Waals surface area (Å²) in [5.41, 5.74) is 3.03. The minimum Gasteiger partial charge on any atom is -0.483 e. The van der Waals surface area contributed by atoms with Crippen LogP contribution in [0.5, 0.6) is 11.5 Å². The number of rotatable bonds is 16. The predicted octanol–water partition coefficient (Wildman–Crippen LogP) is 8.23. The van der Waals surface area contributed by atoms with Crippen LogP contribution in [0.25, 0.3) is 22.3 Å². The Morgan fingerprint density at radius 1 is 0.609 bits per heavy atom. The summed E-state index contributed by atoms with van der Waals surface area (Å²) < 4.78 is 98.9. The summed E-state index contributed by atoms with van der Waals surface area (Å²) in [7, 11) is 0. The molecule has 0 saturated heterocycles. The Bertz CT molecular complexity index is 1370. The zero-order valence-electron chi connectivity index (χ0n) is 24.7. The molecule has 0 radical (unpaired) electrons. The molecule has 246 valence electrons. The lowest BCUT2D eigenvalue weighted by molar-refractivity contribution is -0.153. The number of benzene rings is 3. The number of halogens is 6. The Morgan fingerprint density at radius 3 is 1.30 bits per heavy atom. The second-order valence-corrected chi connectivity index (χ2v) is 10.00. The summed E-state index contributed by atoms with van der Waals surface area (Å²) >= 11 is 0. The fraction of sp³-hybridized carbons (Fsp3) is 0.294. The molecular formula is C34H32F6O6. The van der Waals surface area contributed by atoms with Gasteiger partial charge in [0.25, 0.3) is 0 Å². The Kier molecular flexibility index (Phi) is 12.8. The molecule has 46 heavy (non-hydrogen) atoms. The molecule has 0 spiro atoms. The molecule has 0 aliphatic rings. The first kappa shape index (κ1) is 35.7. The average molecular weight is 651 g/mol. The van der Waals surface area contributed by atoms with Crippen LogP contribution in [-0.2, 0) is 31.9 Å². The highest BCUT2D eigenvalue weighted by molar-refractivity contribution is 5.82. The zero-order chi connectivity index (χ0) is 33.7. The largest absolute Gasteiger partial charge is 0.483 e. The molecule has 0 fully saturated rings. The first-order chi connectivity index (χ1) is 21.8. The van der Waals surface area contributed by atoms with Crippen LogP contribution in [0.3, 0.4) is 0 Å². The number of alkyl halides is 6. The quantitative estimate of drug-likeness (QED) is 0.0674. The minimum absolute atomic E-state index is 0.173. The van der Waals surface area contributed by atoms with Crippen LogP contribution in [-0.4, -0.2) is 50.7 Å². The van der Waals surface area contributed by atoms with Gasteiger partial charge in [-0.1, -0.05) is 61.7 Å². The Labute approximate surface area is 262 Å². The van der Waals surface area contributed by atoms with Gasteiger partial charge in [0.1, 0.15) is 11.5 Å². The van der Waals surface area contributed by atoms with Crippen molar-refractivity contribution in [2.24, 2.45) is 0 Å². The lowest BCUT2D eigenvalue weighted by Gasteiger charge is -2.20. The van der Waals surface area contributed by atoms with Gasteiger partial charge in [-0.05, 0) is 54.0 Å². The van der Waals surface area contributed by atoms with Gasteiger partial charge in [0.2, 0.25) is 0 Å². The van der Waals surface area contributed by atoms with E-state index in [-0.39, 0.29) is 35.8 Å². The van der Waals surface area contributed by atoms with Crippen LogP contribution in [0, 0.1) is 0 Å². The molecule has 0 heterocycles. The highest BCUT2D eigenvalue weighted by Crippen LogP contribution is 2.42. The van der Waals surface area contributed by atoms with Crippen LogP contribution in [0.15, 0.2) is 86.0 Å². The van der Waals surface area contributed by atoms with Crippen molar-refractivity contribution < 1.29 is 54.9 Å². The normalized spacial score (nSPS) is 11.4. The third kappa shape index (κ3) is 12.0. The first-order valence-corrected chi connectivity index (χ1v) is 14.1. The maximum Gasteiger partial charge on any atom is 0.422 e. The summed E-state index contributed by atoms with van der Waals surface area (Å²) in [6.07, 6.45) is -5.18. The van der Waals surface area contributed by atoms with Crippen molar-refractivity contribution in [1.82, 2.24) is 0 Å². The number of carbonyl (C=O) groups excluding carboxylic acids is 2. The van der Waals surface area contributed by atoms with Crippen LogP contribution >= 0.6 is 0 Å². The highest BCUT2D eigenvalue weighted by Gasteiger charge is 2.31. The molecule has 0 amide bonds. The Hall–Kier alpha value is -4.74. The number of esters is 2. The van der Waals surface area contributed by atoms with Gasteiger partial charge in [-0.3, -0.25) is 0 Å². The summed E-state index contributed by atoms with van der Waals surface area (Å²) in [6, 6.07) is 16.1. The molecule has 0 aliphatic heterocycles. The average Bonchev–Trinajstić information content (AvgIpc) is 3.02. The lowest BCUT2D eigenvalue weighted by atomic mass is 9.95. The molecule has 0 atom stereocenters. The second kappa shape index (κ2) is 16.5. The molecule has 0 saturated carbocycles. The first-order valence-electron chi connectivity index (χ1n) is 14.1. The SMILES string of the molecule is C=CC(=O)OCCCc1ccc(-c2cc(-c3ccc(CCCOC(=O)C=C)cc3)c(OCC(F)(F)F)cc2OCC(F)(F)F)cc1. The van der Waals surface area contributed by atoms with Gasteiger partial charge in [0, 0.05) is 29.3 Å². The van der Waals surface area contributed by atoms with E-state index < -0.39 is 37.5 Å². The van der Waals surface area contributed by atoms with Crippen LogP contribution < -0.4 is 9.47 Å². The number of hydrogen-bond donors (Lipinski definition) is 0. The summed E-state index contributed by atoms with van der Waals surface area (Å²) in [5.74, 6) is -1.70.